The van der Waals surface area contributed by atoms with Crippen LogP contribution in [0.2, 0.25) is 0 Å². The number of carbonyl (C=O) groups excluding carboxylic acids is 1. The maximum absolute atomic E-state index is 13.5. The fraction of sp³-hybridized carbons (Fsp3) is 0.308. The van der Waals surface area contributed by atoms with E-state index in [0.717, 1.165) is 0 Å². The standard InChI is InChI=1S/C26H25F3N6O3S/c1-14(15-5-7-16(27)8-6-15)37-18-11-25(2)17(12-26(18,3)34-39-24(28)29)38-23(36)20-21(25)35(4)33-22(20)32-19-13-30-9-10-31-19/h5-14,24,34H,1-4H3,(H,31,32,33). The number of hydrogen-bond acceptors (Lipinski definition) is 9. The molecule has 2 aromatic heterocycles. The minimum atomic E-state index is -2.71. The molecule has 5 rings (SSSR count). The van der Waals surface area contributed by atoms with Crippen LogP contribution in [0.1, 0.15) is 48.5 Å². The summed E-state index contributed by atoms with van der Waals surface area (Å²) in [5.41, 5.74) is -0.935. The summed E-state index contributed by atoms with van der Waals surface area (Å²) in [7, 11) is 1.69. The fourth-order valence-corrected chi connectivity index (χ4v) is 5.21. The van der Waals surface area contributed by atoms with Crippen LogP contribution >= 0.6 is 11.9 Å². The number of rotatable bonds is 8. The smallest absolute Gasteiger partial charge is 0.349 e. The minimum absolute atomic E-state index is 0.198. The highest BCUT2D eigenvalue weighted by Crippen LogP contribution is 2.49. The van der Waals surface area contributed by atoms with Crippen molar-refractivity contribution in [2.45, 2.75) is 43.6 Å². The fourth-order valence-electron chi connectivity index (χ4n) is 4.72. The van der Waals surface area contributed by atoms with Crippen molar-refractivity contribution in [2.75, 3.05) is 5.32 Å². The Hall–Kier alpha value is -3.84. The first kappa shape index (κ1) is 26.8. The lowest BCUT2D eigenvalue weighted by Gasteiger charge is -2.42. The number of fused-ring (bicyclic) bond motifs is 3. The molecule has 0 bridgehead atoms. The summed E-state index contributed by atoms with van der Waals surface area (Å²) in [6, 6.07) is 5.83. The summed E-state index contributed by atoms with van der Waals surface area (Å²) in [5.74, 6) is -2.59. The third kappa shape index (κ3) is 4.99. The maximum atomic E-state index is 13.5. The monoisotopic (exact) mass is 558 g/mol. The van der Waals surface area contributed by atoms with Crippen molar-refractivity contribution in [1.29, 1.82) is 0 Å². The van der Waals surface area contributed by atoms with E-state index in [4.69, 9.17) is 9.47 Å². The first-order valence-corrected chi connectivity index (χ1v) is 12.8. The van der Waals surface area contributed by atoms with Crippen LogP contribution in [0.15, 0.2) is 66.5 Å². The van der Waals surface area contributed by atoms with Crippen molar-refractivity contribution in [3.8, 4) is 0 Å². The largest absolute Gasteiger partial charge is 0.488 e. The van der Waals surface area contributed by atoms with E-state index >= 15 is 0 Å². The van der Waals surface area contributed by atoms with E-state index in [-0.39, 0.29) is 34.9 Å². The number of benzene rings is 1. The zero-order chi connectivity index (χ0) is 27.9. The number of anilines is 2. The molecule has 1 aliphatic heterocycles. The minimum Gasteiger partial charge on any atom is -0.488 e. The predicted molar refractivity (Wildman–Crippen MR) is 138 cm³/mol. The molecule has 3 atom stereocenters. The van der Waals surface area contributed by atoms with Crippen LogP contribution < -0.4 is 10.0 Å². The second kappa shape index (κ2) is 10.0. The second-order valence-electron chi connectivity index (χ2n) is 9.52. The van der Waals surface area contributed by atoms with Crippen molar-refractivity contribution < 1.29 is 27.4 Å². The quantitative estimate of drug-likeness (QED) is 0.282. The maximum Gasteiger partial charge on any atom is 0.349 e. The zero-order valence-corrected chi connectivity index (χ0v) is 22.2. The number of hydrogen-bond donors (Lipinski definition) is 2. The molecule has 3 unspecified atom stereocenters. The van der Waals surface area contributed by atoms with E-state index in [1.54, 1.807) is 49.9 Å². The second-order valence-corrected chi connectivity index (χ2v) is 10.3. The lowest BCUT2D eigenvalue weighted by molar-refractivity contribution is 0.0520. The number of nitrogens with zero attached hydrogens (tertiary/aromatic N) is 4. The summed E-state index contributed by atoms with van der Waals surface area (Å²) in [6.45, 7) is 5.24. The van der Waals surface area contributed by atoms with E-state index < -0.39 is 28.8 Å². The number of allylic oxidation sites excluding steroid dienone is 1. The summed E-state index contributed by atoms with van der Waals surface area (Å²) in [4.78, 5) is 21.4. The van der Waals surface area contributed by atoms with Gasteiger partial charge in [0, 0.05) is 19.4 Å². The van der Waals surface area contributed by atoms with Crippen molar-refractivity contribution in [1.82, 2.24) is 24.5 Å². The van der Waals surface area contributed by atoms with Crippen LogP contribution in [0.3, 0.4) is 0 Å². The van der Waals surface area contributed by atoms with Gasteiger partial charge in [0.05, 0.1) is 17.3 Å². The van der Waals surface area contributed by atoms with E-state index in [2.05, 4.69) is 25.1 Å². The molecule has 204 valence electrons. The average molecular weight is 559 g/mol. The molecule has 2 aliphatic rings. The van der Waals surface area contributed by atoms with Gasteiger partial charge >= 0.3 is 5.97 Å². The van der Waals surface area contributed by atoms with Crippen LogP contribution in [0, 0.1) is 5.82 Å². The number of aryl methyl sites for hydroxylation is 1. The molecular weight excluding hydrogens is 533 g/mol. The van der Waals surface area contributed by atoms with Gasteiger partial charge in [0.2, 0.25) is 0 Å². The molecule has 9 nitrogen and oxygen atoms in total. The Labute approximate surface area is 226 Å². The van der Waals surface area contributed by atoms with Gasteiger partial charge in [-0.1, -0.05) is 12.1 Å². The Bertz CT molecular complexity index is 1460. The molecule has 3 aromatic rings. The van der Waals surface area contributed by atoms with Crippen LogP contribution in [-0.2, 0) is 21.9 Å². The van der Waals surface area contributed by atoms with Gasteiger partial charge in [0.1, 0.15) is 40.4 Å². The number of aromatic nitrogens is 4. The highest BCUT2D eigenvalue weighted by Gasteiger charge is 2.51. The summed E-state index contributed by atoms with van der Waals surface area (Å²) < 4.78 is 56.4. The summed E-state index contributed by atoms with van der Waals surface area (Å²) >= 11 is 0.219. The van der Waals surface area contributed by atoms with E-state index in [1.807, 2.05) is 6.92 Å². The first-order chi connectivity index (χ1) is 18.5. The molecule has 0 saturated heterocycles. The highest BCUT2D eigenvalue weighted by molar-refractivity contribution is 7.97. The van der Waals surface area contributed by atoms with Gasteiger partial charge in [-0.05, 0) is 62.6 Å². The Balaban J connectivity index is 1.59. The molecule has 1 aliphatic carbocycles. The third-order valence-electron chi connectivity index (χ3n) is 6.62. The molecular formula is C26H25F3N6O3S. The molecule has 39 heavy (non-hydrogen) atoms. The molecule has 2 N–H and O–H groups in total. The predicted octanol–water partition coefficient (Wildman–Crippen LogP) is 5.30. The first-order valence-electron chi connectivity index (χ1n) is 11.9. The van der Waals surface area contributed by atoms with Crippen molar-refractivity contribution in [3.63, 3.8) is 0 Å². The molecule has 0 fully saturated rings. The molecule has 0 spiro atoms. The number of halogens is 3. The number of nitrogens with one attached hydrogen (secondary N) is 2. The van der Waals surface area contributed by atoms with Crippen LogP contribution in [0.5, 0.6) is 0 Å². The van der Waals surface area contributed by atoms with Crippen LogP contribution in [0.25, 0.3) is 0 Å². The molecule has 13 heteroatoms. The Morgan fingerprint density at radius 2 is 1.90 bits per heavy atom. The van der Waals surface area contributed by atoms with Crippen molar-refractivity contribution in [2.24, 2.45) is 7.05 Å². The van der Waals surface area contributed by atoms with Crippen LogP contribution in [0.4, 0.5) is 24.8 Å². The average Bonchev–Trinajstić information content (AvgIpc) is 3.23. The van der Waals surface area contributed by atoms with Crippen molar-refractivity contribution >= 4 is 29.6 Å². The number of alkyl halides is 2. The lowest BCUT2D eigenvalue weighted by Crippen LogP contribution is -2.48. The van der Waals surface area contributed by atoms with Gasteiger partial charge in [-0.2, -0.15) is 13.9 Å². The zero-order valence-electron chi connectivity index (χ0n) is 21.4. The Morgan fingerprint density at radius 3 is 2.56 bits per heavy atom. The molecule has 0 radical (unpaired) electrons. The van der Waals surface area contributed by atoms with Gasteiger partial charge in [-0.15, -0.1) is 0 Å². The molecule has 3 heterocycles. The topological polar surface area (TPSA) is 103 Å². The van der Waals surface area contributed by atoms with Gasteiger partial charge in [0.25, 0.3) is 5.76 Å². The number of carbonyl (C=O) groups is 1. The lowest BCUT2D eigenvalue weighted by atomic mass is 9.73. The van der Waals surface area contributed by atoms with Gasteiger partial charge in [0.15, 0.2) is 5.82 Å². The number of ether oxygens (including phenoxy) is 2. The van der Waals surface area contributed by atoms with E-state index in [0.29, 0.717) is 22.8 Å². The van der Waals surface area contributed by atoms with E-state index in [9.17, 15) is 18.0 Å². The normalized spacial score (nSPS) is 22.8. The number of esters is 1. The Kier molecular flexibility index (Phi) is 6.89. The highest BCUT2D eigenvalue weighted by atomic mass is 32.2. The molecule has 0 amide bonds. The van der Waals surface area contributed by atoms with Gasteiger partial charge in [-0.25, -0.2) is 18.9 Å². The van der Waals surface area contributed by atoms with E-state index in [1.165, 1.54) is 30.7 Å². The Morgan fingerprint density at radius 1 is 1.15 bits per heavy atom. The summed E-state index contributed by atoms with van der Waals surface area (Å²) in [6.07, 6.45) is 7.25. The van der Waals surface area contributed by atoms with Crippen LogP contribution in [-0.4, -0.2) is 37.0 Å². The third-order valence-corrected chi connectivity index (χ3v) is 7.34. The van der Waals surface area contributed by atoms with Gasteiger partial charge in [-0.3, -0.25) is 9.67 Å². The van der Waals surface area contributed by atoms with Gasteiger partial charge < -0.3 is 14.8 Å². The summed E-state index contributed by atoms with van der Waals surface area (Å²) in [5, 5.41) is 7.50. The SMILES string of the molecule is CC(OC1=CC2(C)C(=CC1(C)NSC(F)F)OC(=O)c1c(Nc3cnccn3)nn(C)c12)c1ccc(F)cc1. The van der Waals surface area contributed by atoms with Crippen molar-refractivity contribution in [3.05, 3.63) is 89.2 Å². The molecule has 1 aromatic carbocycles. The molecule has 0 saturated carbocycles.